The van der Waals surface area contributed by atoms with Crippen LogP contribution in [0.1, 0.15) is 17.4 Å². The van der Waals surface area contributed by atoms with E-state index in [1.165, 1.54) is 11.8 Å². The summed E-state index contributed by atoms with van der Waals surface area (Å²) in [5, 5.41) is 9.27. The summed E-state index contributed by atoms with van der Waals surface area (Å²) in [5.41, 5.74) is 1.55. The first-order valence-corrected chi connectivity index (χ1v) is 8.58. The second-order valence-corrected chi connectivity index (χ2v) is 6.02. The van der Waals surface area contributed by atoms with E-state index in [0.717, 1.165) is 28.8 Å². The normalized spacial score (nSPS) is 10.8. The number of aromatic nitrogens is 4. The van der Waals surface area contributed by atoms with E-state index in [-0.39, 0.29) is 5.78 Å². The molecule has 0 amide bonds. The average molecular weight is 342 g/mol. The SMILES string of the molecule is CCn1c(SCC(=O)c2ccc[nH]2)nnc1-c1cccc(OC)c1. The molecule has 0 fully saturated rings. The van der Waals surface area contributed by atoms with Crippen LogP contribution >= 0.6 is 11.8 Å². The predicted octanol–water partition coefficient (Wildman–Crippen LogP) is 3.28. The lowest BCUT2D eigenvalue weighted by Crippen LogP contribution is -2.05. The van der Waals surface area contributed by atoms with Crippen LogP contribution in [0.3, 0.4) is 0 Å². The van der Waals surface area contributed by atoms with Crippen molar-refractivity contribution < 1.29 is 9.53 Å². The molecule has 3 rings (SSSR count). The second-order valence-electron chi connectivity index (χ2n) is 5.08. The number of rotatable bonds is 7. The summed E-state index contributed by atoms with van der Waals surface area (Å²) < 4.78 is 7.27. The highest BCUT2D eigenvalue weighted by Gasteiger charge is 2.15. The van der Waals surface area contributed by atoms with Gasteiger partial charge in [-0.2, -0.15) is 0 Å². The molecule has 124 valence electrons. The quantitative estimate of drug-likeness (QED) is 0.527. The zero-order chi connectivity index (χ0) is 16.9. The number of nitrogens with zero attached hydrogens (tertiary/aromatic N) is 3. The maximum absolute atomic E-state index is 12.1. The third-order valence-corrected chi connectivity index (χ3v) is 4.56. The molecule has 0 saturated carbocycles. The van der Waals surface area contributed by atoms with Gasteiger partial charge >= 0.3 is 0 Å². The first-order chi connectivity index (χ1) is 11.7. The number of aromatic amines is 1. The molecule has 0 unspecified atom stereocenters. The molecule has 0 aliphatic carbocycles. The number of thioether (sulfide) groups is 1. The van der Waals surface area contributed by atoms with Gasteiger partial charge in [0.05, 0.1) is 18.6 Å². The van der Waals surface area contributed by atoms with Gasteiger partial charge in [0.15, 0.2) is 16.8 Å². The van der Waals surface area contributed by atoms with Crippen LogP contribution in [0.15, 0.2) is 47.8 Å². The topological polar surface area (TPSA) is 72.8 Å². The highest BCUT2D eigenvalue weighted by Crippen LogP contribution is 2.26. The molecule has 7 heteroatoms. The van der Waals surface area contributed by atoms with E-state index in [1.54, 1.807) is 19.4 Å². The Morgan fingerprint density at radius 2 is 2.17 bits per heavy atom. The van der Waals surface area contributed by atoms with Crippen LogP contribution in [0.2, 0.25) is 0 Å². The molecule has 0 radical (unpaired) electrons. The van der Waals surface area contributed by atoms with Crippen molar-refractivity contribution >= 4 is 17.5 Å². The van der Waals surface area contributed by atoms with Crippen molar-refractivity contribution in [1.29, 1.82) is 0 Å². The Morgan fingerprint density at radius 3 is 2.88 bits per heavy atom. The minimum absolute atomic E-state index is 0.0404. The molecule has 2 aromatic heterocycles. The standard InChI is InChI=1S/C17H18N4O2S/c1-3-21-16(12-6-4-7-13(10-12)23-2)19-20-17(21)24-11-15(22)14-8-5-9-18-14/h4-10,18H,3,11H2,1-2H3. The van der Waals surface area contributed by atoms with Crippen molar-refractivity contribution in [3.05, 3.63) is 48.3 Å². The van der Waals surface area contributed by atoms with Crippen molar-refractivity contribution in [1.82, 2.24) is 19.7 Å². The fraction of sp³-hybridized carbons (Fsp3) is 0.235. The number of Topliss-reactive ketones (excluding diaryl/α,β-unsaturated/α-hetero) is 1. The lowest BCUT2D eigenvalue weighted by atomic mass is 10.2. The molecular weight excluding hydrogens is 324 g/mol. The monoisotopic (exact) mass is 342 g/mol. The Kier molecular flexibility index (Phi) is 5.00. The van der Waals surface area contributed by atoms with Crippen LogP contribution < -0.4 is 4.74 Å². The van der Waals surface area contributed by atoms with Gasteiger partial charge in [-0.15, -0.1) is 10.2 Å². The number of benzene rings is 1. The molecule has 1 N–H and O–H groups in total. The molecule has 0 atom stereocenters. The zero-order valence-electron chi connectivity index (χ0n) is 13.5. The first-order valence-electron chi connectivity index (χ1n) is 7.60. The van der Waals surface area contributed by atoms with E-state index in [2.05, 4.69) is 15.2 Å². The third-order valence-electron chi connectivity index (χ3n) is 3.59. The van der Waals surface area contributed by atoms with Crippen LogP contribution in [-0.2, 0) is 6.54 Å². The lowest BCUT2D eigenvalue weighted by molar-refractivity contribution is 0.101. The van der Waals surface area contributed by atoms with E-state index in [9.17, 15) is 4.79 Å². The highest BCUT2D eigenvalue weighted by molar-refractivity contribution is 7.99. The van der Waals surface area contributed by atoms with Gasteiger partial charge in [0.1, 0.15) is 5.75 Å². The van der Waals surface area contributed by atoms with Crippen LogP contribution in [0.25, 0.3) is 11.4 Å². The molecule has 2 heterocycles. The molecule has 3 aromatic rings. The molecule has 0 spiro atoms. The summed E-state index contributed by atoms with van der Waals surface area (Å²) in [7, 11) is 1.64. The van der Waals surface area contributed by atoms with Crippen LogP contribution in [0.4, 0.5) is 0 Å². The van der Waals surface area contributed by atoms with E-state index < -0.39 is 0 Å². The highest BCUT2D eigenvalue weighted by atomic mass is 32.2. The Bertz CT molecular complexity index is 827. The lowest BCUT2D eigenvalue weighted by Gasteiger charge is -2.08. The van der Waals surface area contributed by atoms with Crippen molar-refractivity contribution in [2.75, 3.05) is 12.9 Å². The van der Waals surface area contributed by atoms with Gasteiger partial charge in [-0.05, 0) is 31.2 Å². The van der Waals surface area contributed by atoms with Gasteiger partial charge in [0.2, 0.25) is 0 Å². The number of carbonyl (C=O) groups excluding carboxylic acids is 1. The molecule has 0 aliphatic rings. The fourth-order valence-corrected chi connectivity index (χ4v) is 3.25. The largest absolute Gasteiger partial charge is 0.497 e. The summed E-state index contributed by atoms with van der Waals surface area (Å²) in [6, 6.07) is 11.3. The minimum atomic E-state index is 0.0404. The van der Waals surface area contributed by atoms with Crippen LogP contribution in [-0.4, -0.2) is 38.4 Å². The summed E-state index contributed by atoms with van der Waals surface area (Å²) in [4.78, 5) is 15.0. The van der Waals surface area contributed by atoms with Crippen LogP contribution in [0, 0.1) is 0 Å². The van der Waals surface area contributed by atoms with Gasteiger partial charge in [0.25, 0.3) is 0 Å². The van der Waals surface area contributed by atoms with E-state index in [0.29, 0.717) is 11.4 Å². The number of ketones is 1. The Labute approximate surface area is 144 Å². The van der Waals surface area contributed by atoms with Gasteiger partial charge in [-0.1, -0.05) is 23.9 Å². The Hall–Kier alpha value is -2.54. The maximum Gasteiger partial charge on any atom is 0.191 e. The fourth-order valence-electron chi connectivity index (χ4n) is 2.37. The third kappa shape index (κ3) is 3.35. The van der Waals surface area contributed by atoms with Gasteiger partial charge in [-0.25, -0.2) is 0 Å². The summed E-state index contributed by atoms with van der Waals surface area (Å²) in [5.74, 6) is 1.90. The number of H-pyrrole nitrogens is 1. The van der Waals surface area contributed by atoms with Crippen LogP contribution in [0.5, 0.6) is 5.75 Å². The molecule has 1 aromatic carbocycles. The summed E-state index contributed by atoms with van der Waals surface area (Å²) in [6.07, 6.45) is 1.74. The number of carbonyl (C=O) groups is 1. The number of hydrogen-bond acceptors (Lipinski definition) is 5. The minimum Gasteiger partial charge on any atom is -0.497 e. The number of hydrogen-bond donors (Lipinski definition) is 1. The van der Waals surface area contributed by atoms with Crippen molar-refractivity contribution in [2.24, 2.45) is 0 Å². The van der Waals surface area contributed by atoms with Gasteiger partial charge in [-0.3, -0.25) is 4.79 Å². The molecular formula is C17H18N4O2S. The second kappa shape index (κ2) is 7.35. The maximum atomic E-state index is 12.1. The van der Waals surface area contributed by atoms with Gasteiger partial charge in [0, 0.05) is 18.3 Å². The predicted molar refractivity (Wildman–Crippen MR) is 93.5 cm³/mol. The average Bonchev–Trinajstić information content (AvgIpc) is 3.29. The van der Waals surface area contributed by atoms with Crippen molar-refractivity contribution in [3.63, 3.8) is 0 Å². The van der Waals surface area contributed by atoms with E-state index in [4.69, 9.17) is 4.74 Å². The van der Waals surface area contributed by atoms with Crippen molar-refractivity contribution in [2.45, 2.75) is 18.6 Å². The van der Waals surface area contributed by atoms with Gasteiger partial charge < -0.3 is 14.3 Å². The molecule has 24 heavy (non-hydrogen) atoms. The number of nitrogens with one attached hydrogen (secondary N) is 1. The first kappa shape index (κ1) is 16.3. The molecule has 6 nitrogen and oxygen atoms in total. The summed E-state index contributed by atoms with van der Waals surface area (Å²) in [6.45, 7) is 2.75. The number of ether oxygens (including phenoxy) is 1. The Morgan fingerprint density at radius 1 is 1.29 bits per heavy atom. The smallest absolute Gasteiger partial charge is 0.191 e. The zero-order valence-corrected chi connectivity index (χ0v) is 14.3. The van der Waals surface area contributed by atoms with E-state index in [1.807, 2.05) is 41.8 Å². The van der Waals surface area contributed by atoms with Crippen molar-refractivity contribution in [3.8, 4) is 17.1 Å². The van der Waals surface area contributed by atoms with E-state index >= 15 is 0 Å². The molecule has 0 aliphatic heterocycles. The number of methoxy groups -OCH3 is 1. The molecule has 0 saturated heterocycles. The summed E-state index contributed by atoms with van der Waals surface area (Å²) >= 11 is 1.39. The molecule has 0 bridgehead atoms. The Balaban J connectivity index is 1.80.